The summed E-state index contributed by atoms with van der Waals surface area (Å²) >= 11 is 0. The molecule has 2 aromatic carbocycles. The summed E-state index contributed by atoms with van der Waals surface area (Å²) in [6, 6.07) is 8.63. The Labute approximate surface area is 131 Å². The number of benzene rings is 2. The van der Waals surface area contributed by atoms with Gasteiger partial charge in [-0.2, -0.15) is 0 Å². The highest BCUT2D eigenvalue weighted by atomic mass is 19.1. The molecule has 23 heavy (non-hydrogen) atoms. The van der Waals surface area contributed by atoms with Crippen molar-refractivity contribution >= 4 is 11.0 Å². The molecule has 0 aliphatic carbocycles. The first-order chi connectivity index (χ1) is 11.0. The van der Waals surface area contributed by atoms with Crippen molar-refractivity contribution in [3.05, 3.63) is 63.8 Å². The van der Waals surface area contributed by atoms with Gasteiger partial charge in [-0.25, -0.2) is 4.39 Å². The van der Waals surface area contributed by atoms with Gasteiger partial charge in [-0.05, 0) is 36.8 Å². The summed E-state index contributed by atoms with van der Waals surface area (Å²) in [5, 5.41) is 10.3. The van der Waals surface area contributed by atoms with Gasteiger partial charge in [0.05, 0.1) is 23.1 Å². The first kappa shape index (κ1) is 15.2. The third-order valence-corrected chi connectivity index (χ3v) is 3.74. The minimum atomic E-state index is -0.371. The van der Waals surface area contributed by atoms with E-state index in [9.17, 15) is 14.3 Å². The summed E-state index contributed by atoms with van der Waals surface area (Å²) < 4.78 is 23.9. The van der Waals surface area contributed by atoms with Crippen LogP contribution in [-0.2, 0) is 11.3 Å². The molecule has 1 N–H and O–H groups in total. The third-order valence-electron chi connectivity index (χ3n) is 3.74. The third kappa shape index (κ3) is 2.59. The van der Waals surface area contributed by atoms with Gasteiger partial charge >= 0.3 is 0 Å². The molecule has 0 saturated heterocycles. The molecule has 0 fully saturated rings. The summed E-state index contributed by atoms with van der Waals surface area (Å²) in [5.74, 6) is 0.0392. The maximum Gasteiger partial charge on any atom is 0.200 e. The molecule has 1 aromatic heterocycles. The van der Waals surface area contributed by atoms with Crippen molar-refractivity contribution in [3.63, 3.8) is 0 Å². The summed E-state index contributed by atoms with van der Waals surface area (Å²) in [4.78, 5) is 12.8. The topological polar surface area (TPSA) is 59.7 Å². The molecule has 4 nitrogen and oxygen atoms in total. The number of hydrogen-bond donors (Lipinski definition) is 1. The van der Waals surface area contributed by atoms with Gasteiger partial charge in [0.2, 0.25) is 5.43 Å². The fourth-order valence-electron chi connectivity index (χ4n) is 2.65. The van der Waals surface area contributed by atoms with Crippen LogP contribution in [0.2, 0.25) is 0 Å². The van der Waals surface area contributed by atoms with Gasteiger partial charge in [-0.15, -0.1) is 0 Å². The fourth-order valence-corrected chi connectivity index (χ4v) is 2.65. The van der Waals surface area contributed by atoms with Crippen LogP contribution in [0.5, 0.6) is 5.75 Å². The van der Waals surface area contributed by atoms with E-state index in [1.807, 2.05) is 0 Å². The van der Waals surface area contributed by atoms with Crippen LogP contribution in [0.3, 0.4) is 0 Å². The minimum Gasteiger partial charge on any atom is -0.507 e. The lowest BCUT2D eigenvalue weighted by atomic mass is 10.0. The van der Waals surface area contributed by atoms with E-state index in [0.29, 0.717) is 33.4 Å². The van der Waals surface area contributed by atoms with Crippen molar-refractivity contribution in [3.8, 4) is 16.9 Å². The summed E-state index contributed by atoms with van der Waals surface area (Å²) in [6.45, 7) is 1.79. The van der Waals surface area contributed by atoms with Gasteiger partial charge in [0.25, 0.3) is 0 Å². The quantitative estimate of drug-likeness (QED) is 0.799. The maximum absolute atomic E-state index is 13.1. The molecule has 0 radical (unpaired) electrons. The number of phenols is 1. The van der Waals surface area contributed by atoms with E-state index in [1.54, 1.807) is 6.92 Å². The molecule has 3 aromatic rings. The number of halogens is 1. The van der Waals surface area contributed by atoms with Crippen molar-refractivity contribution in [2.75, 3.05) is 7.11 Å². The Morgan fingerprint density at radius 3 is 2.52 bits per heavy atom. The molecule has 0 aliphatic rings. The van der Waals surface area contributed by atoms with Crippen LogP contribution < -0.4 is 5.43 Å². The Morgan fingerprint density at radius 2 is 1.87 bits per heavy atom. The number of phenolic OH excluding ortho intramolecular Hbond substituents is 1. The zero-order valence-electron chi connectivity index (χ0n) is 12.7. The number of ether oxygens (including phenoxy) is 1. The van der Waals surface area contributed by atoms with E-state index in [-0.39, 0.29) is 23.6 Å². The SMILES string of the molecule is COCc1c(O)ccc2c(=O)c(-c3ccc(F)cc3)c(C)oc12. The van der Waals surface area contributed by atoms with Gasteiger partial charge in [-0.3, -0.25) is 4.79 Å². The Balaban J connectivity index is 2.33. The second-order valence-corrected chi connectivity index (χ2v) is 5.24. The van der Waals surface area contributed by atoms with E-state index >= 15 is 0 Å². The lowest BCUT2D eigenvalue weighted by Crippen LogP contribution is -2.08. The van der Waals surface area contributed by atoms with Crippen molar-refractivity contribution in [2.45, 2.75) is 13.5 Å². The van der Waals surface area contributed by atoms with Crippen LogP contribution >= 0.6 is 0 Å². The van der Waals surface area contributed by atoms with Crippen molar-refractivity contribution in [2.24, 2.45) is 0 Å². The highest BCUT2D eigenvalue weighted by Crippen LogP contribution is 2.30. The van der Waals surface area contributed by atoms with Crippen LogP contribution in [0.1, 0.15) is 11.3 Å². The minimum absolute atomic E-state index is 0.0106. The molecule has 0 saturated carbocycles. The van der Waals surface area contributed by atoms with Crippen molar-refractivity contribution < 1.29 is 18.7 Å². The maximum atomic E-state index is 13.1. The number of fused-ring (bicyclic) bond motifs is 1. The van der Waals surface area contributed by atoms with Gasteiger partial charge in [-0.1, -0.05) is 12.1 Å². The number of aryl methyl sites for hydroxylation is 1. The smallest absolute Gasteiger partial charge is 0.200 e. The largest absolute Gasteiger partial charge is 0.507 e. The van der Waals surface area contributed by atoms with E-state index in [0.717, 1.165) is 0 Å². The number of hydrogen-bond acceptors (Lipinski definition) is 4. The Hall–Kier alpha value is -2.66. The lowest BCUT2D eigenvalue weighted by Gasteiger charge is -2.11. The molecule has 0 aliphatic heterocycles. The lowest BCUT2D eigenvalue weighted by molar-refractivity contribution is 0.182. The van der Waals surface area contributed by atoms with Gasteiger partial charge < -0.3 is 14.3 Å². The van der Waals surface area contributed by atoms with Gasteiger partial charge in [0.1, 0.15) is 22.9 Å². The highest BCUT2D eigenvalue weighted by Gasteiger charge is 2.17. The second-order valence-electron chi connectivity index (χ2n) is 5.24. The van der Waals surface area contributed by atoms with Gasteiger partial charge in [0.15, 0.2) is 0 Å². The van der Waals surface area contributed by atoms with Crippen LogP contribution in [0, 0.1) is 12.7 Å². The zero-order valence-corrected chi connectivity index (χ0v) is 12.7. The molecule has 3 rings (SSSR count). The molecule has 1 heterocycles. The molecule has 0 unspecified atom stereocenters. The standard InChI is InChI=1S/C18H15FO4/c1-10-16(11-3-5-12(19)6-4-11)17(21)13-7-8-15(20)14(9-22-2)18(13)23-10/h3-8,20H,9H2,1-2H3. The van der Waals surface area contributed by atoms with Crippen LogP contribution in [0.4, 0.5) is 4.39 Å². The van der Waals surface area contributed by atoms with Crippen molar-refractivity contribution in [1.82, 2.24) is 0 Å². The predicted molar refractivity (Wildman–Crippen MR) is 85.0 cm³/mol. The molecule has 0 atom stereocenters. The van der Waals surface area contributed by atoms with E-state index in [1.165, 1.54) is 43.5 Å². The Kier molecular flexibility index (Phi) is 3.88. The Morgan fingerprint density at radius 1 is 1.17 bits per heavy atom. The normalized spacial score (nSPS) is 11.1. The van der Waals surface area contributed by atoms with E-state index < -0.39 is 0 Å². The fraction of sp³-hybridized carbons (Fsp3) is 0.167. The number of rotatable bonds is 3. The van der Waals surface area contributed by atoms with Crippen LogP contribution in [0.15, 0.2) is 45.6 Å². The monoisotopic (exact) mass is 314 g/mol. The van der Waals surface area contributed by atoms with Gasteiger partial charge in [0, 0.05) is 7.11 Å². The van der Waals surface area contributed by atoms with Crippen molar-refractivity contribution in [1.29, 1.82) is 0 Å². The number of methoxy groups -OCH3 is 1. The van der Waals surface area contributed by atoms with Crippen LogP contribution in [0.25, 0.3) is 22.1 Å². The summed E-state index contributed by atoms with van der Waals surface area (Å²) in [7, 11) is 1.50. The molecular formula is C18H15FO4. The molecule has 118 valence electrons. The van der Waals surface area contributed by atoms with E-state index in [4.69, 9.17) is 9.15 Å². The second kappa shape index (κ2) is 5.85. The molecule has 0 amide bonds. The first-order valence-corrected chi connectivity index (χ1v) is 7.06. The molecule has 5 heteroatoms. The number of aromatic hydroxyl groups is 1. The van der Waals surface area contributed by atoms with Crippen LogP contribution in [-0.4, -0.2) is 12.2 Å². The summed E-state index contributed by atoms with van der Waals surface area (Å²) in [6.07, 6.45) is 0. The van der Waals surface area contributed by atoms with E-state index in [2.05, 4.69) is 0 Å². The molecule has 0 bridgehead atoms. The highest BCUT2D eigenvalue weighted by molar-refractivity contribution is 5.86. The Bertz CT molecular complexity index is 926. The average Bonchev–Trinajstić information content (AvgIpc) is 2.52. The molecular weight excluding hydrogens is 299 g/mol. The first-order valence-electron chi connectivity index (χ1n) is 7.06. The zero-order chi connectivity index (χ0) is 16.6. The summed E-state index contributed by atoms with van der Waals surface area (Å²) in [5.41, 5.74) is 1.47. The average molecular weight is 314 g/mol. The molecule has 0 spiro atoms. The predicted octanol–water partition coefficient (Wildman–Crippen LogP) is 3.76.